The lowest BCUT2D eigenvalue weighted by Crippen LogP contribution is -1.92. The van der Waals surface area contributed by atoms with Crippen LogP contribution in [0.15, 0.2) is 18.2 Å². The smallest absolute Gasteiger partial charge is 0.124 e. The van der Waals surface area contributed by atoms with Gasteiger partial charge in [0.05, 0.1) is 0 Å². The summed E-state index contributed by atoms with van der Waals surface area (Å²) in [5.41, 5.74) is 3.03. The third-order valence-electron chi connectivity index (χ3n) is 1.88. The average molecular weight is 217 g/mol. The number of rotatable bonds is 4. The molecule has 0 radical (unpaired) electrons. The number of hydrogen-bond acceptors (Lipinski definition) is 1. The topological polar surface area (TPSA) is 17.1 Å². The van der Waals surface area contributed by atoms with Crippen LogP contribution in [0.4, 0.5) is 0 Å². The lowest BCUT2D eigenvalue weighted by atomic mass is 10.0. The Hall–Kier alpha value is -0.530. The fourth-order valence-corrected chi connectivity index (χ4v) is 1.67. The Morgan fingerprint density at radius 3 is 2.38 bits per heavy atom. The molecule has 0 spiro atoms. The van der Waals surface area contributed by atoms with Crippen LogP contribution in [0.2, 0.25) is 0 Å². The summed E-state index contributed by atoms with van der Waals surface area (Å²) in [4.78, 5) is 10.3. The SMILES string of the molecule is O=CCc1ccc(CCl)c(CCl)c1. The number of hydrogen-bond donors (Lipinski definition) is 0. The van der Waals surface area contributed by atoms with Gasteiger partial charge in [0, 0.05) is 18.2 Å². The van der Waals surface area contributed by atoms with Crippen molar-refractivity contribution >= 4 is 29.5 Å². The van der Waals surface area contributed by atoms with Gasteiger partial charge in [-0.15, -0.1) is 23.2 Å². The zero-order chi connectivity index (χ0) is 9.68. The largest absolute Gasteiger partial charge is 0.303 e. The van der Waals surface area contributed by atoms with E-state index in [-0.39, 0.29) is 0 Å². The van der Waals surface area contributed by atoms with Gasteiger partial charge < -0.3 is 4.79 Å². The van der Waals surface area contributed by atoms with E-state index in [0.29, 0.717) is 18.2 Å². The molecule has 0 fully saturated rings. The van der Waals surface area contributed by atoms with Crippen LogP contribution >= 0.6 is 23.2 Å². The summed E-state index contributed by atoms with van der Waals surface area (Å²) < 4.78 is 0. The molecule has 70 valence electrons. The lowest BCUT2D eigenvalue weighted by molar-refractivity contribution is -0.107. The highest BCUT2D eigenvalue weighted by Gasteiger charge is 2.01. The van der Waals surface area contributed by atoms with Gasteiger partial charge in [-0.2, -0.15) is 0 Å². The van der Waals surface area contributed by atoms with Gasteiger partial charge in [-0.1, -0.05) is 18.2 Å². The van der Waals surface area contributed by atoms with Crippen molar-refractivity contribution in [2.45, 2.75) is 18.2 Å². The van der Waals surface area contributed by atoms with Crippen molar-refractivity contribution in [3.05, 3.63) is 34.9 Å². The zero-order valence-electron chi connectivity index (χ0n) is 7.09. The zero-order valence-corrected chi connectivity index (χ0v) is 8.61. The monoisotopic (exact) mass is 216 g/mol. The van der Waals surface area contributed by atoms with Crippen molar-refractivity contribution in [1.82, 2.24) is 0 Å². The molecule has 0 bridgehead atoms. The Morgan fingerprint density at radius 2 is 1.85 bits per heavy atom. The minimum atomic E-state index is 0.437. The molecule has 13 heavy (non-hydrogen) atoms. The summed E-state index contributed by atoms with van der Waals surface area (Å²) in [7, 11) is 0. The number of benzene rings is 1. The Balaban J connectivity index is 2.98. The van der Waals surface area contributed by atoms with Crippen molar-refractivity contribution in [3.8, 4) is 0 Å². The second-order valence-electron chi connectivity index (χ2n) is 2.74. The van der Waals surface area contributed by atoms with E-state index in [9.17, 15) is 4.79 Å². The normalized spacial score (nSPS) is 10.0. The number of halogens is 2. The molecule has 0 amide bonds. The summed E-state index contributed by atoms with van der Waals surface area (Å²) in [5, 5.41) is 0. The van der Waals surface area contributed by atoms with Gasteiger partial charge in [-0.05, 0) is 16.7 Å². The molecule has 0 N–H and O–H groups in total. The maximum Gasteiger partial charge on any atom is 0.124 e. The summed E-state index contributed by atoms with van der Waals surface area (Å²) >= 11 is 11.4. The molecule has 1 aromatic carbocycles. The van der Waals surface area contributed by atoms with Crippen LogP contribution in [-0.4, -0.2) is 6.29 Å². The Bertz CT molecular complexity index is 297. The summed E-state index contributed by atoms with van der Waals surface area (Å²) in [6.45, 7) is 0. The van der Waals surface area contributed by atoms with Gasteiger partial charge in [0.2, 0.25) is 0 Å². The van der Waals surface area contributed by atoms with Crippen LogP contribution in [0.5, 0.6) is 0 Å². The number of carbonyl (C=O) groups excluding carboxylic acids is 1. The summed E-state index contributed by atoms with van der Waals surface area (Å²) in [5.74, 6) is 0.901. The molecule has 1 rings (SSSR count). The Labute approximate surface area is 87.7 Å². The van der Waals surface area contributed by atoms with Crippen LogP contribution in [0.3, 0.4) is 0 Å². The highest BCUT2D eigenvalue weighted by molar-refractivity contribution is 6.18. The highest BCUT2D eigenvalue weighted by atomic mass is 35.5. The first-order chi connectivity index (χ1) is 6.31. The molecule has 0 aliphatic heterocycles. The van der Waals surface area contributed by atoms with E-state index < -0.39 is 0 Å². The van der Waals surface area contributed by atoms with E-state index in [1.807, 2.05) is 18.2 Å². The third-order valence-corrected chi connectivity index (χ3v) is 2.45. The molecule has 0 saturated heterocycles. The maximum absolute atomic E-state index is 10.3. The minimum Gasteiger partial charge on any atom is -0.303 e. The molecule has 0 saturated carbocycles. The van der Waals surface area contributed by atoms with Crippen LogP contribution < -0.4 is 0 Å². The highest BCUT2D eigenvalue weighted by Crippen LogP contribution is 2.16. The van der Waals surface area contributed by atoms with E-state index in [4.69, 9.17) is 23.2 Å². The molecule has 1 nitrogen and oxygen atoms in total. The van der Waals surface area contributed by atoms with Crippen LogP contribution in [0, 0.1) is 0 Å². The van der Waals surface area contributed by atoms with Crippen molar-refractivity contribution in [2.75, 3.05) is 0 Å². The predicted molar refractivity (Wildman–Crippen MR) is 55.3 cm³/mol. The van der Waals surface area contributed by atoms with E-state index in [1.54, 1.807) is 0 Å². The van der Waals surface area contributed by atoms with E-state index >= 15 is 0 Å². The first kappa shape index (κ1) is 10.6. The molecule has 0 atom stereocenters. The predicted octanol–water partition coefficient (Wildman–Crippen LogP) is 2.91. The summed E-state index contributed by atoms with van der Waals surface area (Å²) in [6.07, 6.45) is 1.32. The number of aldehydes is 1. The number of carbonyl (C=O) groups is 1. The van der Waals surface area contributed by atoms with Gasteiger partial charge in [0.25, 0.3) is 0 Å². The Kier molecular flexibility index (Phi) is 4.26. The van der Waals surface area contributed by atoms with Crippen molar-refractivity contribution in [3.63, 3.8) is 0 Å². The molecule has 0 aliphatic rings. The second kappa shape index (κ2) is 5.25. The third kappa shape index (κ3) is 2.71. The van der Waals surface area contributed by atoms with E-state index in [2.05, 4.69) is 0 Å². The van der Waals surface area contributed by atoms with Gasteiger partial charge in [0.15, 0.2) is 0 Å². The first-order valence-electron chi connectivity index (χ1n) is 3.98. The van der Waals surface area contributed by atoms with Gasteiger partial charge >= 0.3 is 0 Å². The van der Waals surface area contributed by atoms with E-state index in [1.165, 1.54) is 0 Å². The standard InChI is InChI=1S/C10H10Cl2O/c11-6-9-2-1-8(3-4-13)5-10(9)7-12/h1-2,4-5H,3,6-7H2. The Morgan fingerprint density at radius 1 is 1.15 bits per heavy atom. The molecular weight excluding hydrogens is 207 g/mol. The fraction of sp³-hybridized carbons (Fsp3) is 0.300. The quantitative estimate of drug-likeness (QED) is 0.559. The molecule has 0 aliphatic carbocycles. The number of alkyl halides is 2. The van der Waals surface area contributed by atoms with E-state index in [0.717, 1.165) is 23.0 Å². The van der Waals surface area contributed by atoms with Crippen LogP contribution in [0.25, 0.3) is 0 Å². The molecule has 0 heterocycles. The van der Waals surface area contributed by atoms with Gasteiger partial charge in [-0.25, -0.2) is 0 Å². The maximum atomic E-state index is 10.3. The van der Waals surface area contributed by atoms with Gasteiger partial charge in [-0.3, -0.25) is 0 Å². The van der Waals surface area contributed by atoms with Crippen LogP contribution in [0.1, 0.15) is 16.7 Å². The first-order valence-corrected chi connectivity index (χ1v) is 5.05. The van der Waals surface area contributed by atoms with Gasteiger partial charge in [0.1, 0.15) is 6.29 Å². The van der Waals surface area contributed by atoms with Crippen molar-refractivity contribution < 1.29 is 4.79 Å². The molecular formula is C10H10Cl2O. The fourth-order valence-electron chi connectivity index (χ4n) is 1.16. The minimum absolute atomic E-state index is 0.437. The molecule has 1 aromatic rings. The summed E-state index contributed by atoms with van der Waals surface area (Å²) in [6, 6.07) is 5.75. The average Bonchev–Trinajstić information content (AvgIpc) is 2.18. The second-order valence-corrected chi connectivity index (χ2v) is 3.28. The molecule has 0 aromatic heterocycles. The van der Waals surface area contributed by atoms with Crippen LogP contribution in [-0.2, 0) is 23.0 Å². The van der Waals surface area contributed by atoms with Crippen molar-refractivity contribution in [2.24, 2.45) is 0 Å². The molecule has 3 heteroatoms. The van der Waals surface area contributed by atoms with Crippen molar-refractivity contribution in [1.29, 1.82) is 0 Å². The molecule has 0 unspecified atom stereocenters. The lowest BCUT2D eigenvalue weighted by Gasteiger charge is -2.05.